The van der Waals surface area contributed by atoms with Gasteiger partial charge >= 0.3 is 6.09 Å². The lowest BCUT2D eigenvalue weighted by Gasteiger charge is -2.17. The topological polar surface area (TPSA) is 56.8 Å². The highest BCUT2D eigenvalue weighted by Crippen LogP contribution is 2.38. The maximum Gasteiger partial charge on any atom is 0.412 e. The molecule has 0 aliphatic heterocycles. The molecule has 1 rings (SSSR count). The van der Waals surface area contributed by atoms with E-state index < -0.39 is 6.09 Å². The molecule has 0 aliphatic carbocycles. The van der Waals surface area contributed by atoms with Crippen LogP contribution in [0.25, 0.3) is 0 Å². The first-order chi connectivity index (χ1) is 12.0. The van der Waals surface area contributed by atoms with Gasteiger partial charge in [0, 0.05) is 11.8 Å². The standard InChI is InChI=1S/C19H28ClNO4/c1-5-9-10-11-15(6-2)25-19(22)21-14-12-16(20)18(24-8-4)17(13-14)23-7-3/h6,12-13,15H,2,5,7-11H2,1,3-4H3,(H,21,22). The molecule has 0 saturated heterocycles. The number of ether oxygens (including phenoxy) is 3. The van der Waals surface area contributed by atoms with E-state index in [0.29, 0.717) is 35.4 Å². The molecule has 1 atom stereocenters. The van der Waals surface area contributed by atoms with E-state index in [2.05, 4.69) is 18.8 Å². The number of carbonyl (C=O) groups is 1. The molecule has 25 heavy (non-hydrogen) atoms. The zero-order valence-corrected chi connectivity index (χ0v) is 16.0. The summed E-state index contributed by atoms with van der Waals surface area (Å²) in [5, 5.41) is 3.04. The maximum absolute atomic E-state index is 12.1. The van der Waals surface area contributed by atoms with E-state index in [-0.39, 0.29) is 6.10 Å². The van der Waals surface area contributed by atoms with Gasteiger partial charge in [-0.25, -0.2) is 4.79 Å². The fourth-order valence-electron chi connectivity index (χ4n) is 2.29. The van der Waals surface area contributed by atoms with Gasteiger partial charge in [0.1, 0.15) is 6.10 Å². The molecule has 140 valence electrons. The van der Waals surface area contributed by atoms with Crippen LogP contribution in [0.2, 0.25) is 5.02 Å². The molecule has 0 heterocycles. The molecule has 1 unspecified atom stereocenters. The third-order valence-electron chi connectivity index (χ3n) is 3.46. The van der Waals surface area contributed by atoms with Gasteiger partial charge in [0.25, 0.3) is 0 Å². The van der Waals surface area contributed by atoms with Crippen LogP contribution in [0.4, 0.5) is 10.5 Å². The van der Waals surface area contributed by atoms with Crippen molar-refractivity contribution in [2.45, 2.75) is 52.6 Å². The summed E-state index contributed by atoms with van der Waals surface area (Å²) in [5.74, 6) is 0.948. The number of hydrogen-bond donors (Lipinski definition) is 1. The summed E-state index contributed by atoms with van der Waals surface area (Å²) in [6.45, 7) is 10.5. The maximum atomic E-state index is 12.1. The summed E-state index contributed by atoms with van der Waals surface area (Å²) in [5.41, 5.74) is 0.485. The summed E-state index contributed by atoms with van der Waals surface area (Å²) in [6, 6.07) is 3.28. The van der Waals surface area contributed by atoms with Crippen LogP contribution in [-0.2, 0) is 4.74 Å². The van der Waals surface area contributed by atoms with Crippen molar-refractivity contribution in [3.8, 4) is 11.5 Å². The van der Waals surface area contributed by atoms with E-state index >= 15 is 0 Å². The van der Waals surface area contributed by atoms with Crippen molar-refractivity contribution in [3.05, 3.63) is 29.8 Å². The van der Waals surface area contributed by atoms with Crippen molar-refractivity contribution in [1.82, 2.24) is 0 Å². The zero-order valence-electron chi connectivity index (χ0n) is 15.3. The van der Waals surface area contributed by atoms with Gasteiger partial charge in [-0.1, -0.05) is 44.0 Å². The average molecular weight is 370 g/mol. The average Bonchev–Trinajstić information content (AvgIpc) is 2.57. The Morgan fingerprint density at radius 2 is 1.96 bits per heavy atom. The van der Waals surface area contributed by atoms with Crippen LogP contribution in [0.15, 0.2) is 24.8 Å². The molecule has 6 heteroatoms. The van der Waals surface area contributed by atoms with Crippen molar-refractivity contribution in [1.29, 1.82) is 0 Å². The number of carbonyl (C=O) groups excluding carboxylic acids is 1. The van der Waals surface area contributed by atoms with Crippen molar-refractivity contribution >= 4 is 23.4 Å². The lowest BCUT2D eigenvalue weighted by molar-refractivity contribution is 0.128. The van der Waals surface area contributed by atoms with Crippen LogP contribution >= 0.6 is 11.6 Å². The molecule has 0 saturated carbocycles. The lowest BCUT2D eigenvalue weighted by atomic mass is 10.1. The molecule has 0 aliphatic rings. The molecular formula is C19H28ClNO4. The van der Waals surface area contributed by atoms with Gasteiger partial charge in [-0.3, -0.25) is 5.32 Å². The van der Waals surface area contributed by atoms with Gasteiger partial charge in [-0.15, -0.1) is 0 Å². The van der Waals surface area contributed by atoms with Crippen molar-refractivity contribution in [2.75, 3.05) is 18.5 Å². The second kappa shape index (κ2) is 11.6. The van der Waals surface area contributed by atoms with Crippen LogP contribution in [0.5, 0.6) is 11.5 Å². The molecule has 0 bridgehead atoms. The molecule has 1 amide bonds. The minimum atomic E-state index is -0.552. The number of benzene rings is 1. The molecule has 0 radical (unpaired) electrons. The van der Waals surface area contributed by atoms with Crippen molar-refractivity contribution in [3.63, 3.8) is 0 Å². The fraction of sp³-hybridized carbons (Fsp3) is 0.526. The molecule has 1 aromatic rings. The van der Waals surface area contributed by atoms with E-state index in [1.807, 2.05) is 13.8 Å². The van der Waals surface area contributed by atoms with E-state index in [0.717, 1.165) is 25.7 Å². The van der Waals surface area contributed by atoms with Gasteiger partial charge in [-0.05, 0) is 32.8 Å². The summed E-state index contributed by atoms with van der Waals surface area (Å²) in [6.07, 6.45) is 4.75. The van der Waals surface area contributed by atoms with Gasteiger partial charge in [0.15, 0.2) is 11.5 Å². The second-order valence-electron chi connectivity index (χ2n) is 5.45. The Bertz CT molecular complexity index is 563. The van der Waals surface area contributed by atoms with Gasteiger partial charge in [0.05, 0.1) is 18.2 Å². The smallest absolute Gasteiger partial charge is 0.412 e. The number of anilines is 1. The molecular weight excluding hydrogens is 342 g/mol. The highest BCUT2D eigenvalue weighted by atomic mass is 35.5. The number of rotatable bonds is 11. The molecule has 0 aromatic heterocycles. The molecule has 5 nitrogen and oxygen atoms in total. The van der Waals surface area contributed by atoms with E-state index in [4.69, 9.17) is 25.8 Å². The Hall–Kier alpha value is -1.88. The van der Waals surface area contributed by atoms with Crippen LogP contribution in [0.1, 0.15) is 46.5 Å². The largest absolute Gasteiger partial charge is 0.490 e. The van der Waals surface area contributed by atoms with Crippen LogP contribution in [-0.4, -0.2) is 25.4 Å². The first kappa shape index (κ1) is 21.2. The number of nitrogens with one attached hydrogen (secondary N) is 1. The van der Waals surface area contributed by atoms with Crippen LogP contribution in [0, 0.1) is 0 Å². The molecule has 1 N–H and O–H groups in total. The summed E-state index contributed by atoms with van der Waals surface area (Å²) in [7, 11) is 0. The Kier molecular flexibility index (Phi) is 9.85. The van der Waals surface area contributed by atoms with Gasteiger partial charge in [-0.2, -0.15) is 0 Å². The van der Waals surface area contributed by atoms with E-state index in [1.165, 1.54) is 0 Å². The molecule has 1 aromatic carbocycles. The van der Waals surface area contributed by atoms with Crippen molar-refractivity contribution < 1.29 is 19.0 Å². The quantitative estimate of drug-likeness (QED) is 0.394. The predicted octanol–water partition coefficient (Wildman–Crippen LogP) is 5.82. The first-order valence-corrected chi connectivity index (χ1v) is 9.12. The lowest BCUT2D eigenvalue weighted by Crippen LogP contribution is -2.21. The monoisotopic (exact) mass is 369 g/mol. The Balaban J connectivity index is 2.77. The third kappa shape index (κ3) is 7.26. The molecule has 0 fully saturated rings. The van der Waals surface area contributed by atoms with E-state index in [9.17, 15) is 4.79 Å². The molecule has 0 spiro atoms. The summed E-state index contributed by atoms with van der Waals surface area (Å²) >= 11 is 6.24. The van der Waals surface area contributed by atoms with E-state index in [1.54, 1.807) is 18.2 Å². The predicted molar refractivity (Wildman–Crippen MR) is 102 cm³/mol. The number of hydrogen-bond acceptors (Lipinski definition) is 4. The minimum Gasteiger partial charge on any atom is -0.490 e. The van der Waals surface area contributed by atoms with Gasteiger partial charge < -0.3 is 14.2 Å². The van der Waals surface area contributed by atoms with Crippen molar-refractivity contribution in [2.24, 2.45) is 0 Å². The zero-order chi connectivity index (χ0) is 18.7. The third-order valence-corrected chi connectivity index (χ3v) is 3.74. The highest BCUT2D eigenvalue weighted by Gasteiger charge is 2.15. The Morgan fingerprint density at radius 3 is 2.56 bits per heavy atom. The first-order valence-electron chi connectivity index (χ1n) is 8.74. The normalized spacial score (nSPS) is 11.5. The Morgan fingerprint density at radius 1 is 1.24 bits per heavy atom. The fourth-order valence-corrected chi connectivity index (χ4v) is 2.56. The van der Waals surface area contributed by atoms with Crippen LogP contribution < -0.4 is 14.8 Å². The SMILES string of the molecule is C=CC(CCCCC)OC(=O)Nc1cc(Cl)c(OCC)c(OCC)c1. The minimum absolute atomic E-state index is 0.309. The van der Waals surface area contributed by atoms with Gasteiger partial charge in [0.2, 0.25) is 0 Å². The highest BCUT2D eigenvalue weighted by molar-refractivity contribution is 6.32. The Labute approximate surface area is 155 Å². The van der Waals surface area contributed by atoms with Crippen LogP contribution in [0.3, 0.4) is 0 Å². The summed E-state index contributed by atoms with van der Waals surface area (Å²) in [4.78, 5) is 12.1. The number of unbranched alkanes of at least 4 members (excludes halogenated alkanes) is 2. The summed E-state index contributed by atoms with van der Waals surface area (Å²) < 4.78 is 16.4. The number of halogens is 1. The second-order valence-corrected chi connectivity index (χ2v) is 5.86. The number of amides is 1.